The van der Waals surface area contributed by atoms with Crippen LogP contribution in [-0.4, -0.2) is 52.0 Å². The van der Waals surface area contributed by atoms with E-state index in [1.54, 1.807) is 12.7 Å². The van der Waals surface area contributed by atoms with E-state index in [1.807, 2.05) is 4.68 Å². The third-order valence-corrected chi connectivity index (χ3v) is 4.47. The molecule has 1 fully saturated rings. The first-order valence-corrected chi connectivity index (χ1v) is 8.11. The molecular weight excluding hydrogens is 361 g/mol. The summed E-state index contributed by atoms with van der Waals surface area (Å²) in [6.07, 6.45) is 3.49. The first-order valence-electron chi connectivity index (χ1n) is 8.11. The molecule has 2 aromatic rings. The summed E-state index contributed by atoms with van der Waals surface area (Å²) in [5.41, 5.74) is 11.0. The Morgan fingerprint density at radius 1 is 1.16 bits per heavy atom. The van der Waals surface area contributed by atoms with Crippen molar-refractivity contribution < 1.29 is 4.74 Å². The van der Waals surface area contributed by atoms with Gasteiger partial charge in [0.25, 0.3) is 0 Å². The third kappa shape index (κ3) is 5.66. The molecule has 0 radical (unpaired) electrons. The van der Waals surface area contributed by atoms with E-state index in [0.29, 0.717) is 6.54 Å². The summed E-state index contributed by atoms with van der Waals surface area (Å²) in [6, 6.07) is 4.57. The minimum absolute atomic E-state index is 0. The molecule has 0 saturated carbocycles. The molecule has 2 N–H and O–H groups in total. The van der Waals surface area contributed by atoms with Crippen molar-refractivity contribution in [3.05, 3.63) is 47.0 Å². The number of nitrogens with zero attached hydrogens (tertiary/aromatic N) is 4. The van der Waals surface area contributed by atoms with E-state index in [1.165, 1.54) is 22.3 Å². The van der Waals surface area contributed by atoms with Crippen molar-refractivity contribution in [3.8, 4) is 0 Å². The van der Waals surface area contributed by atoms with Crippen LogP contribution in [0.25, 0.3) is 0 Å². The molecule has 0 amide bonds. The van der Waals surface area contributed by atoms with Gasteiger partial charge in [-0.05, 0) is 36.1 Å². The molecular formula is C17H27Cl2N5O. The van der Waals surface area contributed by atoms with Crippen LogP contribution >= 0.6 is 24.8 Å². The van der Waals surface area contributed by atoms with E-state index >= 15 is 0 Å². The molecule has 1 aliphatic heterocycles. The maximum Gasteiger partial charge on any atom is 0.137 e. The molecule has 2 heterocycles. The number of benzene rings is 1. The first kappa shape index (κ1) is 21.9. The molecule has 1 saturated heterocycles. The number of ether oxygens (including phenoxy) is 1. The smallest absolute Gasteiger partial charge is 0.137 e. The van der Waals surface area contributed by atoms with Crippen LogP contribution in [0, 0.1) is 13.8 Å². The Kier molecular flexibility index (Phi) is 8.82. The Balaban J connectivity index is 0.00000156. The molecule has 6 nitrogen and oxygen atoms in total. The van der Waals surface area contributed by atoms with Crippen LogP contribution in [0.5, 0.6) is 0 Å². The fraction of sp³-hybridized carbons (Fsp3) is 0.529. The Labute approximate surface area is 161 Å². The van der Waals surface area contributed by atoms with Crippen molar-refractivity contribution in [2.24, 2.45) is 5.73 Å². The van der Waals surface area contributed by atoms with Gasteiger partial charge in [-0.15, -0.1) is 24.8 Å². The quantitative estimate of drug-likeness (QED) is 0.848. The van der Waals surface area contributed by atoms with E-state index in [9.17, 15) is 0 Å². The summed E-state index contributed by atoms with van der Waals surface area (Å²) in [6.45, 7) is 9.25. The van der Waals surface area contributed by atoms with E-state index < -0.39 is 0 Å². The molecule has 1 unspecified atom stereocenters. The third-order valence-electron chi connectivity index (χ3n) is 4.47. The zero-order chi connectivity index (χ0) is 16.2. The highest BCUT2D eigenvalue weighted by molar-refractivity contribution is 5.85. The summed E-state index contributed by atoms with van der Waals surface area (Å²) in [5.74, 6) is 0. The van der Waals surface area contributed by atoms with Gasteiger partial charge in [-0.3, -0.25) is 4.90 Å². The number of aryl methyl sites for hydroxylation is 2. The molecule has 1 atom stereocenters. The van der Waals surface area contributed by atoms with Gasteiger partial charge in [0.1, 0.15) is 12.7 Å². The number of rotatable bonds is 5. The lowest BCUT2D eigenvalue weighted by Crippen LogP contribution is -2.45. The molecule has 8 heteroatoms. The van der Waals surface area contributed by atoms with Gasteiger partial charge >= 0.3 is 0 Å². The van der Waals surface area contributed by atoms with E-state index in [-0.39, 0.29) is 30.9 Å². The Bertz CT molecular complexity index is 651. The molecule has 0 aliphatic carbocycles. The molecule has 3 rings (SSSR count). The molecule has 140 valence electrons. The molecule has 0 bridgehead atoms. The average Bonchev–Trinajstić information content (AvgIpc) is 3.05. The van der Waals surface area contributed by atoms with Gasteiger partial charge in [0.15, 0.2) is 0 Å². The van der Waals surface area contributed by atoms with Crippen molar-refractivity contribution >= 4 is 24.8 Å². The number of nitrogens with two attached hydrogens (primary N) is 1. The molecule has 1 aromatic carbocycles. The van der Waals surface area contributed by atoms with E-state index in [2.05, 4.69) is 41.0 Å². The summed E-state index contributed by atoms with van der Waals surface area (Å²) in [4.78, 5) is 6.45. The van der Waals surface area contributed by atoms with Crippen molar-refractivity contribution in [3.63, 3.8) is 0 Å². The second kappa shape index (κ2) is 10.1. The highest BCUT2D eigenvalue weighted by Crippen LogP contribution is 2.20. The second-order valence-corrected chi connectivity index (χ2v) is 6.26. The SMILES string of the molecule is Cc1cc(C)c(Cn2cncn2)cc1CN1CCOC(CN)C1.Cl.Cl. The molecule has 0 spiro atoms. The van der Waals surface area contributed by atoms with E-state index in [4.69, 9.17) is 10.5 Å². The minimum atomic E-state index is 0. The highest BCUT2D eigenvalue weighted by Gasteiger charge is 2.20. The molecule has 1 aliphatic rings. The van der Waals surface area contributed by atoms with Crippen LogP contribution in [0.4, 0.5) is 0 Å². The van der Waals surface area contributed by atoms with Gasteiger partial charge in [0.2, 0.25) is 0 Å². The topological polar surface area (TPSA) is 69.2 Å². The maximum absolute atomic E-state index is 5.74. The number of hydrogen-bond acceptors (Lipinski definition) is 5. The van der Waals surface area contributed by atoms with Crippen molar-refractivity contribution in [2.75, 3.05) is 26.2 Å². The van der Waals surface area contributed by atoms with Crippen molar-refractivity contribution in [1.29, 1.82) is 0 Å². The largest absolute Gasteiger partial charge is 0.374 e. The summed E-state index contributed by atoms with van der Waals surface area (Å²) in [5, 5.41) is 4.21. The standard InChI is InChI=1S/C17H25N5O.2ClH/c1-13-5-14(2)16(9-22-12-19-11-20-22)6-15(13)8-21-3-4-23-17(7-18)10-21;;/h5-6,11-12,17H,3-4,7-10,18H2,1-2H3;2*1H. The predicted molar refractivity (Wildman–Crippen MR) is 104 cm³/mol. The van der Waals surface area contributed by atoms with Crippen LogP contribution < -0.4 is 5.73 Å². The highest BCUT2D eigenvalue weighted by atomic mass is 35.5. The van der Waals surface area contributed by atoms with Gasteiger partial charge in [0.05, 0.1) is 19.3 Å². The summed E-state index contributed by atoms with van der Waals surface area (Å²) in [7, 11) is 0. The minimum Gasteiger partial charge on any atom is -0.374 e. The Morgan fingerprint density at radius 3 is 2.52 bits per heavy atom. The van der Waals surface area contributed by atoms with Gasteiger partial charge in [-0.25, -0.2) is 9.67 Å². The van der Waals surface area contributed by atoms with Crippen LogP contribution in [-0.2, 0) is 17.8 Å². The average molecular weight is 388 g/mol. The lowest BCUT2D eigenvalue weighted by molar-refractivity contribution is -0.0261. The predicted octanol–water partition coefficient (Wildman–Crippen LogP) is 1.95. The van der Waals surface area contributed by atoms with Crippen molar-refractivity contribution in [1.82, 2.24) is 19.7 Å². The zero-order valence-corrected chi connectivity index (χ0v) is 16.4. The summed E-state index contributed by atoms with van der Waals surface area (Å²) >= 11 is 0. The molecule has 25 heavy (non-hydrogen) atoms. The number of aromatic nitrogens is 3. The second-order valence-electron chi connectivity index (χ2n) is 6.26. The number of morpholine rings is 1. The fourth-order valence-electron chi connectivity index (χ4n) is 3.09. The first-order chi connectivity index (χ1) is 11.2. The zero-order valence-electron chi connectivity index (χ0n) is 14.7. The van der Waals surface area contributed by atoms with Gasteiger partial charge < -0.3 is 10.5 Å². The normalized spacial score (nSPS) is 17.6. The van der Waals surface area contributed by atoms with Crippen LogP contribution in [0.1, 0.15) is 22.3 Å². The van der Waals surface area contributed by atoms with Crippen LogP contribution in [0.3, 0.4) is 0 Å². The molecule has 1 aromatic heterocycles. The van der Waals surface area contributed by atoms with Crippen LogP contribution in [0.2, 0.25) is 0 Å². The maximum atomic E-state index is 5.74. The van der Waals surface area contributed by atoms with E-state index in [0.717, 1.165) is 32.8 Å². The Morgan fingerprint density at radius 2 is 1.88 bits per heavy atom. The fourth-order valence-corrected chi connectivity index (χ4v) is 3.09. The lowest BCUT2D eigenvalue weighted by Gasteiger charge is -2.32. The Hall–Kier alpha value is -1.18. The number of halogens is 2. The van der Waals surface area contributed by atoms with Crippen LogP contribution in [0.15, 0.2) is 24.8 Å². The van der Waals surface area contributed by atoms with Gasteiger partial charge in [-0.1, -0.05) is 12.1 Å². The van der Waals surface area contributed by atoms with Gasteiger partial charge in [0, 0.05) is 26.2 Å². The van der Waals surface area contributed by atoms with Crippen molar-refractivity contribution in [2.45, 2.75) is 33.0 Å². The number of hydrogen-bond donors (Lipinski definition) is 1. The summed E-state index contributed by atoms with van der Waals surface area (Å²) < 4.78 is 7.51. The van der Waals surface area contributed by atoms with Gasteiger partial charge in [-0.2, -0.15) is 5.10 Å². The monoisotopic (exact) mass is 387 g/mol. The lowest BCUT2D eigenvalue weighted by atomic mass is 9.99.